The molecule has 1 aliphatic rings. The lowest BCUT2D eigenvalue weighted by atomic mass is 10.2. The van der Waals surface area contributed by atoms with Gasteiger partial charge < -0.3 is 10.1 Å². The first-order chi connectivity index (χ1) is 14.6. The van der Waals surface area contributed by atoms with Crippen LogP contribution in [0.3, 0.4) is 0 Å². The largest absolute Gasteiger partial charge is 0.487 e. The topological polar surface area (TPSA) is 67.4 Å². The summed E-state index contributed by atoms with van der Waals surface area (Å²) >= 11 is 8.28. The van der Waals surface area contributed by atoms with Gasteiger partial charge >= 0.3 is 0 Å². The van der Waals surface area contributed by atoms with E-state index in [0.29, 0.717) is 12.8 Å². The Hall–Kier alpha value is -1.85. The molecular weight excluding hydrogens is 561 g/mol. The molecule has 0 atom stereocenters. The lowest BCUT2D eigenvalue weighted by molar-refractivity contribution is 0.361. The fourth-order valence-electron chi connectivity index (χ4n) is 3.04. The van der Waals surface area contributed by atoms with Crippen molar-refractivity contribution < 1.29 is 21.9 Å². The van der Waals surface area contributed by atoms with Gasteiger partial charge in [-0.1, -0.05) is 30.3 Å². The number of hydrogen-bond donors (Lipinski definition) is 2. The highest BCUT2D eigenvalue weighted by Gasteiger charge is 2.54. The van der Waals surface area contributed by atoms with E-state index in [4.69, 9.17) is 16.3 Å². The highest BCUT2D eigenvalue weighted by molar-refractivity contribution is 14.1. The van der Waals surface area contributed by atoms with Gasteiger partial charge in [-0.25, -0.2) is 17.2 Å². The summed E-state index contributed by atoms with van der Waals surface area (Å²) in [7, 11) is -3.96. The molecule has 10 heteroatoms. The van der Waals surface area contributed by atoms with Crippen molar-refractivity contribution in [3.05, 3.63) is 69.8 Å². The van der Waals surface area contributed by atoms with E-state index in [0.717, 1.165) is 9.64 Å². The molecule has 2 N–H and O–H groups in total. The number of halogens is 4. The van der Waals surface area contributed by atoms with E-state index in [1.807, 2.05) is 0 Å². The highest BCUT2D eigenvalue weighted by Crippen LogP contribution is 2.49. The predicted molar refractivity (Wildman–Crippen MR) is 129 cm³/mol. The third-order valence-corrected chi connectivity index (χ3v) is 8.03. The Kier molecular flexibility index (Phi) is 7.17. The number of benzene rings is 2. The molecule has 2 aromatic carbocycles. The molecule has 3 rings (SSSR count). The molecule has 0 heterocycles. The fraction of sp³-hybridized carbons (Fsp3) is 0.238. The van der Waals surface area contributed by atoms with E-state index in [-0.39, 0.29) is 35.2 Å². The van der Waals surface area contributed by atoms with Crippen LogP contribution in [0.15, 0.2) is 49.6 Å². The van der Waals surface area contributed by atoms with E-state index in [1.165, 1.54) is 12.2 Å². The molecule has 2 aromatic rings. The van der Waals surface area contributed by atoms with Gasteiger partial charge in [0.1, 0.15) is 23.7 Å². The van der Waals surface area contributed by atoms with Gasteiger partial charge in [-0.05, 0) is 60.1 Å². The second-order valence-electron chi connectivity index (χ2n) is 7.05. The number of allylic oxidation sites excluding steroid dienone is 1. The van der Waals surface area contributed by atoms with Crippen LogP contribution in [-0.2, 0) is 10.0 Å². The Morgan fingerprint density at radius 3 is 2.48 bits per heavy atom. The molecule has 5 nitrogen and oxygen atoms in total. The average Bonchev–Trinajstić information content (AvgIpc) is 3.49. The molecule has 0 unspecified atom stereocenters. The number of sulfonamides is 1. The van der Waals surface area contributed by atoms with Crippen LogP contribution < -0.4 is 14.8 Å². The third-order valence-electron chi connectivity index (χ3n) is 4.86. The molecule has 1 fully saturated rings. The van der Waals surface area contributed by atoms with Crippen LogP contribution in [0.4, 0.5) is 25.8 Å². The first kappa shape index (κ1) is 23.8. The highest BCUT2D eigenvalue weighted by atomic mass is 127. The first-order valence-corrected chi connectivity index (χ1v) is 12.2. The summed E-state index contributed by atoms with van der Waals surface area (Å²) in [6.45, 7) is 7.10. The van der Waals surface area contributed by atoms with Crippen LogP contribution >= 0.6 is 34.2 Å². The molecule has 0 aliphatic heterocycles. The Bertz CT molecular complexity index is 1140. The molecule has 0 aromatic heterocycles. The van der Waals surface area contributed by atoms with Crippen molar-refractivity contribution in [2.24, 2.45) is 0 Å². The van der Waals surface area contributed by atoms with E-state index in [2.05, 4.69) is 45.8 Å². The summed E-state index contributed by atoms with van der Waals surface area (Å²) < 4.78 is 63.1. The van der Waals surface area contributed by atoms with Gasteiger partial charge in [0.25, 0.3) is 0 Å². The Balaban J connectivity index is 2.13. The number of anilines is 3. The number of nitrogens with one attached hydrogen (secondary N) is 2. The Labute approximate surface area is 198 Å². The fourth-order valence-corrected chi connectivity index (χ4v) is 5.61. The summed E-state index contributed by atoms with van der Waals surface area (Å²) in [5.41, 5.74) is -0.403. The van der Waals surface area contributed by atoms with Gasteiger partial charge in [-0.3, -0.25) is 4.72 Å². The van der Waals surface area contributed by atoms with Crippen molar-refractivity contribution in [2.45, 2.75) is 24.0 Å². The maximum absolute atomic E-state index is 14.9. The summed E-state index contributed by atoms with van der Waals surface area (Å²) in [5.74, 6) is -2.66. The molecule has 0 radical (unpaired) electrons. The SMILES string of the molecule is C=CCOc1cc(F)c(F)c(Nc2ccc(I)cc2Cl)c1NS(=O)(=O)C1(CC=C)CC1. The molecule has 1 saturated carbocycles. The normalized spacial score (nSPS) is 14.6. The van der Waals surface area contributed by atoms with E-state index >= 15 is 0 Å². The van der Waals surface area contributed by atoms with Gasteiger partial charge in [0, 0.05) is 9.64 Å². The minimum atomic E-state index is -3.96. The quantitative estimate of drug-likeness (QED) is 0.253. The lowest BCUT2D eigenvalue weighted by Gasteiger charge is -2.22. The van der Waals surface area contributed by atoms with E-state index in [1.54, 1.807) is 18.2 Å². The molecule has 1 aliphatic carbocycles. The Morgan fingerprint density at radius 1 is 1.19 bits per heavy atom. The zero-order chi connectivity index (χ0) is 22.8. The van der Waals surface area contributed by atoms with Crippen molar-refractivity contribution in [3.63, 3.8) is 0 Å². The molecule has 0 spiro atoms. The molecule has 0 saturated heterocycles. The van der Waals surface area contributed by atoms with Crippen LogP contribution in [0, 0.1) is 15.2 Å². The van der Waals surface area contributed by atoms with Crippen molar-refractivity contribution in [1.29, 1.82) is 0 Å². The van der Waals surface area contributed by atoms with Crippen molar-refractivity contribution in [2.75, 3.05) is 16.6 Å². The molecular formula is C21H20ClF2IN2O3S. The van der Waals surface area contributed by atoms with Crippen molar-refractivity contribution in [3.8, 4) is 5.75 Å². The second-order valence-corrected chi connectivity index (χ2v) is 10.8. The van der Waals surface area contributed by atoms with E-state index < -0.39 is 32.1 Å². The van der Waals surface area contributed by atoms with Crippen LogP contribution in [0.2, 0.25) is 5.02 Å². The number of hydrogen-bond acceptors (Lipinski definition) is 4. The molecule has 0 amide bonds. The zero-order valence-electron chi connectivity index (χ0n) is 16.4. The first-order valence-electron chi connectivity index (χ1n) is 9.25. The van der Waals surface area contributed by atoms with Crippen LogP contribution in [0.1, 0.15) is 19.3 Å². The van der Waals surface area contributed by atoms with Crippen molar-refractivity contribution in [1.82, 2.24) is 0 Å². The molecule has 0 bridgehead atoms. The number of rotatable bonds is 10. The Morgan fingerprint density at radius 2 is 1.90 bits per heavy atom. The minimum absolute atomic E-state index is 0.0403. The monoisotopic (exact) mass is 580 g/mol. The van der Waals surface area contributed by atoms with E-state index in [9.17, 15) is 17.2 Å². The summed E-state index contributed by atoms with van der Waals surface area (Å²) in [4.78, 5) is 0. The molecule has 166 valence electrons. The summed E-state index contributed by atoms with van der Waals surface area (Å²) in [6, 6.07) is 5.72. The van der Waals surface area contributed by atoms with Crippen LogP contribution in [0.5, 0.6) is 5.75 Å². The summed E-state index contributed by atoms with van der Waals surface area (Å²) in [6.07, 6.45) is 4.04. The third kappa shape index (κ3) is 4.98. The van der Waals surface area contributed by atoms with Crippen molar-refractivity contribution >= 4 is 61.3 Å². The standard InChI is InChI=1S/C21H20ClF2IN2O3S/c1-3-7-21(8-9-21)31(28,29)27-19-17(30-10-4-2)12-15(23)18(24)20(19)26-16-6-5-13(25)11-14(16)22/h3-6,11-12,26-27H,1-2,7-10H2. The van der Waals surface area contributed by atoms with Crippen LogP contribution in [-0.4, -0.2) is 19.8 Å². The lowest BCUT2D eigenvalue weighted by Crippen LogP contribution is -2.30. The molecule has 31 heavy (non-hydrogen) atoms. The number of ether oxygens (including phenoxy) is 1. The maximum atomic E-state index is 14.9. The van der Waals surface area contributed by atoms with Gasteiger partial charge in [-0.15, -0.1) is 6.58 Å². The zero-order valence-corrected chi connectivity index (χ0v) is 20.1. The second kappa shape index (κ2) is 9.33. The predicted octanol–water partition coefficient (Wildman–Crippen LogP) is 6.38. The minimum Gasteiger partial charge on any atom is -0.487 e. The van der Waals surface area contributed by atoms with Gasteiger partial charge in [0.05, 0.1) is 15.5 Å². The van der Waals surface area contributed by atoms with Gasteiger partial charge in [0.15, 0.2) is 11.6 Å². The van der Waals surface area contributed by atoms with Gasteiger partial charge in [0.2, 0.25) is 10.0 Å². The average molecular weight is 581 g/mol. The maximum Gasteiger partial charge on any atom is 0.238 e. The smallest absolute Gasteiger partial charge is 0.238 e. The van der Waals surface area contributed by atoms with Gasteiger partial charge in [-0.2, -0.15) is 0 Å². The summed E-state index contributed by atoms with van der Waals surface area (Å²) in [5, 5.41) is 2.97. The van der Waals surface area contributed by atoms with Crippen LogP contribution in [0.25, 0.3) is 0 Å².